The molecule has 3 heterocycles. The number of rotatable bonds is 3. The first kappa shape index (κ1) is 15.8. The fourth-order valence-electron chi connectivity index (χ4n) is 2.93. The summed E-state index contributed by atoms with van der Waals surface area (Å²) in [6.07, 6.45) is 1.69. The second-order valence-corrected chi connectivity index (χ2v) is 6.93. The van der Waals surface area contributed by atoms with E-state index in [0.29, 0.717) is 22.0 Å². The van der Waals surface area contributed by atoms with Crippen LogP contribution in [0.3, 0.4) is 0 Å². The predicted molar refractivity (Wildman–Crippen MR) is 93.4 cm³/mol. The van der Waals surface area contributed by atoms with Crippen LogP contribution in [0.15, 0.2) is 40.6 Å². The van der Waals surface area contributed by atoms with Crippen molar-refractivity contribution in [3.63, 3.8) is 0 Å². The van der Waals surface area contributed by atoms with Crippen molar-refractivity contribution in [3.8, 4) is 5.75 Å². The lowest BCUT2D eigenvalue weighted by molar-refractivity contribution is 0.0462. The van der Waals surface area contributed by atoms with Crippen LogP contribution in [-0.4, -0.2) is 21.5 Å². The number of thiazole rings is 1. The maximum Gasteiger partial charge on any atom is 0.342 e. The van der Waals surface area contributed by atoms with Gasteiger partial charge in [0, 0.05) is 29.1 Å². The van der Waals surface area contributed by atoms with Crippen molar-refractivity contribution >= 4 is 22.3 Å². The fraction of sp³-hybridized carbons (Fsp3) is 0.278. The number of hydrogen-bond donors (Lipinski definition) is 0. The fourth-order valence-corrected chi connectivity index (χ4v) is 3.66. The van der Waals surface area contributed by atoms with Gasteiger partial charge in [0.05, 0.1) is 5.69 Å². The van der Waals surface area contributed by atoms with Gasteiger partial charge in [0.15, 0.2) is 4.96 Å². The highest BCUT2D eigenvalue weighted by Gasteiger charge is 2.31. The molecule has 3 aromatic rings. The van der Waals surface area contributed by atoms with Crippen LogP contribution in [0.2, 0.25) is 0 Å². The minimum Gasteiger partial charge on any atom is -0.489 e. The van der Waals surface area contributed by atoms with Gasteiger partial charge in [-0.3, -0.25) is 9.20 Å². The Morgan fingerprint density at radius 2 is 2.24 bits per heavy atom. The highest BCUT2D eigenvalue weighted by molar-refractivity contribution is 7.15. The molecule has 4 rings (SSSR count). The summed E-state index contributed by atoms with van der Waals surface area (Å²) in [5.41, 5.74) is 1.65. The van der Waals surface area contributed by atoms with E-state index in [0.717, 1.165) is 5.56 Å². The van der Waals surface area contributed by atoms with E-state index in [1.54, 1.807) is 17.6 Å². The topological polar surface area (TPSA) is 69.9 Å². The van der Waals surface area contributed by atoms with Crippen LogP contribution in [0.25, 0.3) is 4.96 Å². The van der Waals surface area contributed by atoms with Gasteiger partial charge >= 0.3 is 5.97 Å². The van der Waals surface area contributed by atoms with Crippen molar-refractivity contribution in [3.05, 3.63) is 63.0 Å². The van der Waals surface area contributed by atoms with Crippen LogP contribution in [0.1, 0.15) is 41.4 Å². The van der Waals surface area contributed by atoms with Gasteiger partial charge in [0.25, 0.3) is 5.56 Å². The Hall–Kier alpha value is -2.67. The van der Waals surface area contributed by atoms with Gasteiger partial charge in [-0.05, 0) is 13.0 Å². The van der Waals surface area contributed by atoms with Gasteiger partial charge in [-0.2, -0.15) is 0 Å². The SMILES string of the molecule is C[C@H]1Oc2c(C(=O)OCc3cc(=O)n4ccsc4n3)cccc2[C@@H]1C. The summed E-state index contributed by atoms with van der Waals surface area (Å²) in [4.78, 5) is 29.4. The smallest absolute Gasteiger partial charge is 0.342 e. The standard InChI is InChI=1S/C18H16N2O4S/c1-10-11(2)24-16-13(10)4-3-5-14(16)17(22)23-9-12-8-15(21)20-6-7-25-18(20)19-12/h3-8,10-11H,9H2,1-2H3/t10-,11-/m1/s1. The third-order valence-corrected chi connectivity index (χ3v) is 5.23. The Kier molecular flexibility index (Phi) is 3.80. The number of carbonyl (C=O) groups excluding carboxylic acids is 1. The number of para-hydroxylation sites is 1. The molecule has 0 spiro atoms. The Bertz CT molecular complexity index is 1020. The second kappa shape index (κ2) is 6.00. The van der Waals surface area contributed by atoms with Crippen molar-refractivity contribution in [1.82, 2.24) is 9.38 Å². The zero-order chi connectivity index (χ0) is 17.6. The third-order valence-electron chi connectivity index (χ3n) is 4.47. The molecular formula is C18H16N2O4S. The van der Waals surface area contributed by atoms with Gasteiger partial charge in [-0.25, -0.2) is 9.78 Å². The summed E-state index contributed by atoms with van der Waals surface area (Å²) in [5.74, 6) is 0.339. The van der Waals surface area contributed by atoms with Crippen LogP contribution in [0.5, 0.6) is 5.75 Å². The van der Waals surface area contributed by atoms with Crippen LogP contribution in [0.4, 0.5) is 0 Å². The monoisotopic (exact) mass is 356 g/mol. The molecule has 25 heavy (non-hydrogen) atoms. The van der Waals surface area contributed by atoms with Crippen molar-refractivity contribution in [1.29, 1.82) is 0 Å². The molecule has 0 unspecified atom stereocenters. The summed E-state index contributed by atoms with van der Waals surface area (Å²) in [6.45, 7) is 3.99. The molecule has 0 N–H and O–H groups in total. The van der Waals surface area contributed by atoms with E-state index in [9.17, 15) is 9.59 Å². The quantitative estimate of drug-likeness (QED) is 0.675. The minimum atomic E-state index is -0.480. The van der Waals surface area contributed by atoms with Gasteiger partial charge in [-0.15, -0.1) is 11.3 Å². The number of nitrogens with zero attached hydrogens (tertiary/aromatic N) is 2. The van der Waals surface area contributed by atoms with E-state index >= 15 is 0 Å². The maximum atomic E-state index is 12.5. The van der Waals surface area contributed by atoms with E-state index in [4.69, 9.17) is 9.47 Å². The lowest BCUT2D eigenvalue weighted by atomic mass is 9.97. The summed E-state index contributed by atoms with van der Waals surface area (Å²) in [6, 6.07) is 6.86. The van der Waals surface area contributed by atoms with Crippen molar-refractivity contribution in [2.75, 3.05) is 0 Å². The van der Waals surface area contributed by atoms with Crippen LogP contribution in [0, 0.1) is 0 Å². The van der Waals surface area contributed by atoms with Crippen LogP contribution >= 0.6 is 11.3 Å². The first-order valence-corrected chi connectivity index (χ1v) is 8.85. The molecule has 0 amide bonds. The van der Waals surface area contributed by atoms with E-state index in [-0.39, 0.29) is 24.2 Å². The average Bonchev–Trinajstić information content (AvgIpc) is 3.18. The van der Waals surface area contributed by atoms with Crippen molar-refractivity contribution < 1.29 is 14.3 Å². The van der Waals surface area contributed by atoms with E-state index in [1.807, 2.05) is 19.1 Å². The van der Waals surface area contributed by atoms with E-state index in [1.165, 1.54) is 21.8 Å². The molecule has 1 aromatic carbocycles. The summed E-state index contributed by atoms with van der Waals surface area (Å²) < 4.78 is 12.6. The number of esters is 1. The maximum absolute atomic E-state index is 12.5. The van der Waals surface area contributed by atoms with Crippen molar-refractivity contribution in [2.24, 2.45) is 0 Å². The Morgan fingerprint density at radius 1 is 1.40 bits per heavy atom. The lowest BCUT2D eigenvalue weighted by Crippen LogP contribution is -2.15. The molecule has 1 aliphatic heterocycles. The Morgan fingerprint density at radius 3 is 3.08 bits per heavy atom. The van der Waals surface area contributed by atoms with Crippen LogP contribution in [-0.2, 0) is 11.3 Å². The van der Waals surface area contributed by atoms with E-state index < -0.39 is 5.97 Å². The number of carbonyl (C=O) groups is 1. The summed E-state index contributed by atoms with van der Waals surface area (Å²) in [7, 11) is 0. The molecule has 0 saturated heterocycles. The molecule has 2 aromatic heterocycles. The van der Waals surface area contributed by atoms with Gasteiger partial charge in [0.1, 0.15) is 24.0 Å². The van der Waals surface area contributed by atoms with Gasteiger partial charge in [-0.1, -0.05) is 19.1 Å². The molecule has 0 radical (unpaired) electrons. The summed E-state index contributed by atoms with van der Waals surface area (Å²) in [5, 5.41) is 1.78. The summed E-state index contributed by atoms with van der Waals surface area (Å²) >= 11 is 1.35. The molecule has 2 atom stereocenters. The number of aromatic nitrogens is 2. The molecule has 6 nitrogen and oxygen atoms in total. The van der Waals surface area contributed by atoms with Gasteiger partial charge < -0.3 is 9.47 Å². The lowest BCUT2D eigenvalue weighted by Gasteiger charge is -2.09. The zero-order valence-electron chi connectivity index (χ0n) is 13.8. The van der Waals surface area contributed by atoms with Crippen LogP contribution < -0.4 is 10.3 Å². The highest BCUT2D eigenvalue weighted by atomic mass is 32.1. The molecule has 0 fully saturated rings. The predicted octanol–water partition coefficient (Wildman–Crippen LogP) is 3.00. The largest absolute Gasteiger partial charge is 0.489 e. The molecule has 1 aliphatic rings. The molecule has 7 heteroatoms. The number of hydrogen-bond acceptors (Lipinski definition) is 6. The van der Waals surface area contributed by atoms with Crippen molar-refractivity contribution in [2.45, 2.75) is 32.5 Å². The zero-order valence-corrected chi connectivity index (χ0v) is 14.6. The van der Waals surface area contributed by atoms with E-state index in [2.05, 4.69) is 11.9 Å². The number of ether oxygens (including phenoxy) is 2. The third kappa shape index (κ3) is 2.70. The number of benzene rings is 1. The highest BCUT2D eigenvalue weighted by Crippen LogP contribution is 2.40. The number of fused-ring (bicyclic) bond motifs is 2. The first-order valence-electron chi connectivity index (χ1n) is 7.97. The average molecular weight is 356 g/mol. The molecule has 128 valence electrons. The molecule has 0 aliphatic carbocycles. The normalized spacial score (nSPS) is 18.8. The molecule has 0 saturated carbocycles. The second-order valence-electron chi connectivity index (χ2n) is 6.05. The molecule has 0 bridgehead atoms. The Labute approximate surface area is 147 Å². The molecular weight excluding hydrogens is 340 g/mol. The first-order chi connectivity index (χ1) is 12.0. The van der Waals surface area contributed by atoms with Gasteiger partial charge in [0.2, 0.25) is 0 Å². The Balaban J connectivity index is 1.56. The minimum absolute atomic E-state index is 0.0203.